The SMILES string of the molecule is CC/C=N/OC(=O)OCC. The van der Waals surface area contributed by atoms with Gasteiger partial charge in [0.1, 0.15) is 0 Å². The second-order valence-electron chi connectivity index (χ2n) is 1.47. The molecule has 0 radical (unpaired) electrons. The normalized spacial score (nSPS) is 9.80. The molecule has 0 aromatic rings. The van der Waals surface area contributed by atoms with Crippen molar-refractivity contribution in [1.29, 1.82) is 0 Å². The molecule has 0 aliphatic heterocycles. The number of hydrogen-bond donors (Lipinski definition) is 0. The first-order chi connectivity index (χ1) is 4.81. The summed E-state index contributed by atoms with van der Waals surface area (Å²) in [4.78, 5) is 14.6. The van der Waals surface area contributed by atoms with E-state index in [0.29, 0.717) is 6.61 Å². The van der Waals surface area contributed by atoms with Crippen LogP contribution in [0.3, 0.4) is 0 Å². The van der Waals surface area contributed by atoms with E-state index in [0.717, 1.165) is 6.42 Å². The fraction of sp³-hybridized carbons (Fsp3) is 0.667. The molecule has 10 heavy (non-hydrogen) atoms. The van der Waals surface area contributed by atoms with Crippen LogP contribution in [-0.2, 0) is 9.57 Å². The highest BCUT2D eigenvalue weighted by Crippen LogP contribution is 1.84. The average Bonchev–Trinajstić information content (AvgIpc) is 1.89. The lowest BCUT2D eigenvalue weighted by Crippen LogP contribution is -2.02. The summed E-state index contributed by atoms with van der Waals surface area (Å²) in [5, 5.41) is 3.31. The van der Waals surface area contributed by atoms with Crippen molar-refractivity contribution < 1.29 is 14.4 Å². The Morgan fingerprint density at radius 1 is 1.60 bits per heavy atom. The fourth-order valence-electron chi connectivity index (χ4n) is 0.299. The number of nitrogens with zero attached hydrogens (tertiary/aromatic N) is 1. The standard InChI is InChI=1S/C6H11NO3/c1-3-5-7-10-6(8)9-4-2/h5H,3-4H2,1-2H3/b7-5+. The van der Waals surface area contributed by atoms with E-state index in [1.807, 2.05) is 6.92 Å². The molecule has 58 valence electrons. The summed E-state index contributed by atoms with van der Waals surface area (Å²) in [5.41, 5.74) is 0. The van der Waals surface area contributed by atoms with Gasteiger partial charge in [0.15, 0.2) is 0 Å². The van der Waals surface area contributed by atoms with E-state index in [-0.39, 0.29) is 0 Å². The van der Waals surface area contributed by atoms with Gasteiger partial charge in [-0.1, -0.05) is 12.1 Å². The number of carbonyl (C=O) groups is 1. The number of hydrogen-bond acceptors (Lipinski definition) is 4. The van der Waals surface area contributed by atoms with Crippen LogP contribution in [0.2, 0.25) is 0 Å². The lowest BCUT2D eigenvalue weighted by atomic mass is 10.6. The summed E-state index contributed by atoms with van der Waals surface area (Å²) in [6.45, 7) is 3.89. The monoisotopic (exact) mass is 145 g/mol. The highest BCUT2D eigenvalue weighted by atomic mass is 16.8. The van der Waals surface area contributed by atoms with Gasteiger partial charge in [0.05, 0.1) is 6.61 Å². The largest absolute Gasteiger partial charge is 0.535 e. The van der Waals surface area contributed by atoms with E-state index < -0.39 is 6.16 Å². The van der Waals surface area contributed by atoms with Gasteiger partial charge < -0.3 is 4.74 Å². The predicted molar refractivity (Wildman–Crippen MR) is 36.9 cm³/mol. The maximum atomic E-state index is 10.4. The molecular formula is C6H11NO3. The molecular weight excluding hydrogens is 134 g/mol. The molecule has 0 fully saturated rings. The zero-order chi connectivity index (χ0) is 7.82. The van der Waals surface area contributed by atoms with Gasteiger partial charge in [-0.15, -0.1) is 0 Å². The third-order valence-electron chi connectivity index (χ3n) is 0.647. The molecule has 0 aromatic heterocycles. The van der Waals surface area contributed by atoms with Crippen LogP contribution in [0.4, 0.5) is 4.79 Å². The van der Waals surface area contributed by atoms with Gasteiger partial charge in [0.2, 0.25) is 0 Å². The Balaban J connectivity index is 3.30. The Kier molecular flexibility index (Phi) is 5.42. The van der Waals surface area contributed by atoms with Crippen molar-refractivity contribution in [3.05, 3.63) is 0 Å². The third-order valence-corrected chi connectivity index (χ3v) is 0.647. The van der Waals surface area contributed by atoms with Crippen LogP contribution in [0, 0.1) is 0 Å². The van der Waals surface area contributed by atoms with Gasteiger partial charge in [0, 0.05) is 6.21 Å². The molecule has 0 rings (SSSR count). The van der Waals surface area contributed by atoms with Crippen molar-refractivity contribution in [2.24, 2.45) is 5.16 Å². The molecule has 4 heteroatoms. The first-order valence-corrected chi connectivity index (χ1v) is 3.16. The third kappa shape index (κ3) is 5.08. The van der Waals surface area contributed by atoms with Crippen LogP contribution < -0.4 is 0 Å². The molecule has 0 bridgehead atoms. The molecule has 0 saturated heterocycles. The van der Waals surface area contributed by atoms with Crippen LogP contribution >= 0.6 is 0 Å². The number of oxime groups is 1. The molecule has 0 aliphatic rings. The summed E-state index contributed by atoms with van der Waals surface area (Å²) >= 11 is 0. The summed E-state index contributed by atoms with van der Waals surface area (Å²) in [5.74, 6) is 0. The Hall–Kier alpha value is -1.06. The average molecular weight is 145 g/mol. The minimum absolute atomic E-state index is 0.306. The van der Waals surface area contributed by atoms with Gasteiger partial charge in [-0.25, -0.2) is 4.79 Å². The van der Waals surface area contributed by atoms with E-state index in [1.165, 1.54) is 6.21 Å². The minimum Gasteiger partial charge on any atom is -0.433 e. The lowest BCUT2D eigenvalue weighted by Gasteiger charge is -1.94. The topological polar surface area (TPSA) is 47.9 Å². The molecule has 0 saturated carbocycles. The molecule has 4 nitrogen and oxygen atoms in total. The van der Waals surface area contributed by atoms with Gasteiger partial charge >= 0.3 is 6.16 Å². The number of rotatable bonds is 3. The second-order valence-corrected chi connectivity index (χ2v) is 1.47. The Morgan fingerprint density at radius 2 is 2.30 bits per heavy atom. The van der Waals surface area contributed by atoms with Crippen LogP contribution in [0.25, 0.3) is 0 Å². The lowest BCUT2D eigenvalue weighted by molar-refractivity contribution is 0.0617. The quantitative estimate of drug-likeness (QED) is 0.262. The van der Waals surface area contributed by atoms with Crippen molar-refractivity contribution in [1.82, 2.24) is 0 Å². The first kappa shape index (κ1) is 8.94. The summed E-state index contributed by atoms with van der Waals surface area (Å²) in [6.07, 6.45) is 1.46. The smallest absolute Gasteiger partial charge is 0.433 e. The van der Waals surface area contributed by atoms with Crippen molar-refractivity contribution >= 4 is 12.4 Å². The van der Waals surface area contributed by atoms with E-state index in [9.17, 15) is 4.79 Å². The van der Waals surface area contributed by atoms with Crippen molar-refractivity contribution in [3.63, 3.8) is 0 Å². The van der Waals surface area contributed by atoms with Gasteiger partial charge in [-0.2, -0.15) is 0 Å². The Morgan fingerprint density at radius 3 is 2.80 bits per heavy atom. The molecule has 0 unspecified atom stereocenters. The van der Waals surface area contributed by atoms with Crippen molar-refractivity contribution in [3.8, 4) is 0 Å². The number of ether oxygens (including phenoxy) is 1. The molecule has 0 spiro atoms. The zero-order valence-corrected chi connectivity index (χ0v) is 6.16. The molecule has 0 N–H and O–H groups in total. The molecule has 0 aliphatic carbocycles. The van der Waals surface area contributed by atoms with Gasteiger partial charge in [0.25, 0.3) is 0 Å². The zero-order valence-electron chi connectivity index (χ0n) is 6.16. The van der Waals surface area contributed by atoms with Crippen LogP contribution in [0.15, 0.2) is 5.16 Å². The van der Waals surface area contributed by atoms with E-state index in [1.54, 1.807) is 6.92 Å². The highest BCUT2D eigenvalue weighted by molar-refractivity contribution is 5.62. The second kappa shape index (κ2) is 6.07. The van der Waals surface area contributed by atoms with Crippen molar-refractivity contribution in [2.75, 3.05) is 6.61 Å². The highest BCUT2D eigenvalue weighted by Gasteiger charge is 1.97. The maximum Gasteiger partial charge on any atom is 0.535 e. The predicted octanol–water partition coefficient (Wildman–Crippen LogP) is 1.56. The van der Waals surface area contributed by atoms with Crippen molar-refractivity contribution in [2.45, 2.75) is 20.3 Å². The van der Waals surface area contributed by atoms with Gasteiger partial charge in [-0.05, 0) is 13.3 Å². The Labute approximate surface area is 59.8 Å². The van der Waals surface area contributed by atoms with Crippen LogP contribution in [0.5, 0.6) is 0 Å². The van der Waals surface area contributed by atoms with E-state index >= 15 is 0 Å². The summed E-state index contributed by atoms with van der Waals surface area (Å²) in [6, 6.07) is 0. The fourth-order valence-corrected chi connectivity index (χ4v) is 0.299. The summed E-state index contributed by atoms with van der Waals surface area (Å²) in [7, 11) is 0. The van der Waals surface area contributed by atoms with E-state index in [4.69, 9.17) is 0 Å². The van der Waals surface area contributed by atoms with E-state index in [2.05, 4.69) is 14.7 Å². The maximum absolute atomic E-state index is 10.4. The Bertz CT molecular complexity index is 122. The number of carbonyl (C=O) groups excluding carboxylic acids is 1. The van der Waals surface area contributed by atoms with Gasteiger partial charge in [-0.3, -0.25) is 4.84 Å². The molecule has 0 aromatic carbocycles. The van der Waals surface area contributed by atoms with Crippen LogP contribution in [-0.4, -0.2) is 19.0 Å². The minimum atomic E-state index is -0.757. The molecule has 0 atom stereocenters. The summed E-state index contributed by atoms with van der Waals surface area (Å²) < 4.78 is 4.41. The molecule has 0 heterocycles. The first-order valence-electron chi connectivity index (χ1n) is 3.16. The molecule has 0 amide bonds. The van der Waals surface area contributed by atoms with Crippen LogP contribution in [0.1, 0.15) is 20.3 Å².